The Morgan fingerprint density at radius 3 is 2.64 bits per heavy atom. The van der Waals surface area contributed by atoms with Crippen LogP contribution < -0.4 is 5.73 Å². The van der Waals surface area contributed by atoms with Crippen LogP contribution in [0, 0.1) is 12.8 Å². The van der Waals surface area contributed by atoms with Crippen LogP contribution in [-0.2, 0) is 0 Å². The molecule has 80 valence electrons. The number of hydrogen-bond donors (Lipinski definition) is 1. The number of thioether (sulfide) groups is 1. The normalized spacial score (nSPS) is 13.5. The zero-order valence-corrected chi connectivity index (χ0v) is 10.8. The Morgan fingerprint density at radius 2 is 2.14 bits per heavy atom. The number of rotatable bonds is 5. The Hall–Kier alpha value is 0.01000. The first-order valence-corrected chi connectivity index (χ1v) is 7.01. The van der Waals surface area contributed by atoms with Crippen LogP contribution in [-0.4, -0.2) is 11.5 Å². The SMILES string of the molecule is Cc1cc(C(N)CSCC(C)C)cs1. The Morgan fingerprint density at radius 1 is 1.43 bits per heavy atom. The summed E-state index contributed by atoms with van der Waals surface area (Å²) < 4.78 is 0. The topological polar surface area (TPSA) is 26.0 Å². The van der Waals surface area contributed by atoms with Gasteiger partial charge in [-0.2, -0.15) is 11.8 Å². The molecule has 1 aromatic heterocycles. The van der Waals surface area contributed by atoms with Gasteiger partial charge in [0.1, 0.15) is 0 Å². The molecule has 2 N–H and O–H groups in total. The predicted molar refractivity (Wildman–Crippen MR) is 68.1 cm³/mol. The Labute approximate surface area is 95.1 Å². The molecule has 0 radical (unpaired) electrons. The molecule has 1 heterocycles. The molecule has 1 rings (SSSR count). The van der Waals surface area contributed by atoms with E-state index in [-0.39, 0.29) is 6.04 Å². The third kappa shape index (κ3) is 4.03. The average Bonchev–Trinajstić information content (AvgIpc) is 2.51. The highest BCUT2D eigenvalue weighted by Gasteiger charge is 2.07. The van der Waals surface area contributed by atoms with Crippen LogP contribution >= 0.6 is 23.1 Å². The summed E-state index contributed by atoms with van der Waals surface area (Å²) in [7, 11) is 0. The van der Waals surface area contributed by atoms with E-state index in [9.17, 15) is 0 Å². The molecule has 0 saturated carbocycles. The number of aryl methyl sites for hydroxylation is 1. The van der Waals surface area contributed by atoms with E-state index in [0.717, 1.165) is 11.7 Å². The minimum absolute atomic E-state index is 0.212. The highest BCUT2D eigenvalue weighted by Crippen LogP contribution is 2.22. The van der Waals surface area contributed by atoms with Crippen LogP contribution in [0.15, 0.2) is 11.4 Å². The van der Waals surface area contributed by atoms with Crippen molar-refractivity contribution in [3.63, 3.8) is 0 Å². The van der Waals surface area contributed by atoms with Crippen molar-refractivity contribution >= 4 is 23.1 Å². The second kappa shape index (κ2) is 5.79. The maximum Gasteiger partial charge on any atom is 0.0395 e. The van der Waals surface area contributed by atoms with Gasteiger partial charge in [-0.25, -0.2) is 0 Å². The molecule has 0 fully saturated rings. The summed E-state index contributed by atoms with van der Waals surface area (Å²) >= 11 is 3.74. The summed E-state index contributed by atoms with van der Waals surface area (Å²) in [6.45, 7) is 6.61. The van der Waals surface area contributed by atoms with Crippen LogP contribution in [0.25, 0.3) is 0 Å². The Kier molecular flexibility index (Phi) is 4.99. The van der Waals surface area contributed by atoms with Gasteiger partial charge in [-0.1, -0.05) is 13.8 Å². The number of hydrogen-bond acceptors (Lipinski definition) is 3. The zero-order valence-electron chi connectivity index (χ0n) is 9.12. The maximum atomic E-state index is 6.08. The van der Waals surface area contributed by atoms with Crippen molar-refractivity contribution in [3.8, 4) is 0 Å². The standard InChI is InChI=1S/C11H19NS2/c1-8(2)5-13-7-11(12)10-4-9(3)14-6-10/h4,6,8,11H,5,7,12H2,1-3H3. The van der Waals surface area contributed by atoms with E-state index < -0.39 is 0 Å². The van der Waals surface area contributed by atoms with E-state index in [4.69, 9.17) is 5.73 Å². The zero-order chi connectivity index (χ0) is 10.6. The first kappa shape index (κ1) is 12.1. The third-order valence-electron chi connectivity index (χ3n) is 1.93. The van der Waals surface area contributed by atoms with E-state index in [2.05, 4.69) is 32.2 Å². The minimum Gasteiger partial charge on any atom is -0.323 e. The fraction of sp³-hybridized carbons (Fsp3) is 0.636. The molecule has 1 unspecified atom stereocenters. The summed E-state index contributed by atoms with van der Waals surface area (Å²) in [6.07, 6.45) is 0. The van der Waals surface area contributed by atoms with E-state index in [1.54, 1.807) is 11.3 Å². The molecular formula is C11H19NS2. The average molecular weight is 229 g/mol. The quantitative estimate of drug-likeness (QED) is 0.837. The molecule has 14 heavy (non-hydrogen) atoms. The van der Waals surface area contributed by atoms with Crippen molar-refractivity contribution in [2.24, 2.45) is 11.7 Å². The van der Waals surface area contributed by atoms with Gasteiger partial charge >= 0.3 is 0 Å². The molecule has 0 spiro atoms. The Balaban J connectivity index is 2.32. The number of nitrogens with two attached hydrogens (primary N) is 1. The molecule has 0 amide bonds. The fourth-order valence-electron chi connectivity index (χ4n) is 1.19. The largest absolute Gasteiger partial charge is 0.323 e. The molecule has 0 aliphatic heterocycles. The third-order valence-corrected chi connectivity index (χ3v) is 4.30. The molecule has 0 aromatic carbocycles. The summed E-state index contributed by atoms with van der Waals surface area (Å²) in [5, 5.41) is 2.18. The lowest BCUT2D eigenvalue weighted by molar-refractivity contribution is 0.746. The van der Waals surface area contributed by atoms with Gasteiger partial charge in [0.15, 0.2) is 0 Å². The van der Waals surface area contributed by atoms with Crippen LogP contribution in [0.1, 0.15) is 30.3 Å². The first-order valence-electron chi connectivity index (χ1n) is 4.98. The summed E-state index contributed by atoms with van der Waals surface area (Å²) in [5.74, 6) is 3.00. The molecule has 3 heteroatoms. The lowest BCUT2D eigenvalue weighted by Crippen LogP contribution is -2.12. The van der Waals surface area contributed by atoms with Crippen LogP contribution in [0.4, 0.5) is 0 Å². The van der Waals surface area contributed by atoms with Crippen molar-refractivity contribution < 1.29 is 0 Å². The fourth-order valence-corrected chi connectivity index (χ4v) is 3.01. The molecule has 1 aromatic rings. The monoisotopic (exact) mass is 229 g/mol. The summed E-state index contributed by atoms with van der Waals surface area (Å²) in [5.41, 5.74) is 7.38. The van der Waals surface area contributed by atoms with E-state index in [0.29, 0.717) is 0 Å². The van der Waals surface area contributed by atoms with Crippen LogP contribution in [0.2, 0.25) is 0 Å². The molecule has 0 aliphatic rings. The van der Waals surface area contributed by atoms with Gasteiger partial charge in [-0.05, 0) is 35.6 Å². The van der Waals surface area contributed by atoms with Crippen molar-refractivity contribution in [1.82, 2.24) is 0 Å². The minimum atomic E-state index is 0.212. The molecule has 0 bridgehead atoms. The van der Waals surface area contributed by atoms with E-state index in [1.165, 1.54) is 16.2 Å². The molecule has 0 saturated heterocycles. The van der Waals surface area contributed by atoms with Gasteiger partial charge in [0, 0.05) is 16.7 Å². The van der Waals surface area contributed by atoms with Gasteiger partial charge in [0.05, 0.1) is 0 Å². The second-order valence-corrected chi connectivity index (χ2v) is 6.22. The van der Waals surface area contributed by atoms with Gasteiger partial charge < -0.3 is 5.73 Å². The molecule has 1 nitrogen and oxygen atoms in total. The highest BCUT2D eigenvalue weighted by molar-refractivity contribution is 7.99. The smallest absolute Gasteiger partial charge is 0.0395 e. The second-order valence-electron chi connectivity index (χ2n) is 4.03. The van der Waals surface area contributed by atoms with Crippen molar-refractivity contribution in [2.45, 2.75) is 26.8 Å². The van der Waals surface area contributed by atoms with Crippen LogP contribution in [0.3, 0.4) is 0 Å². The van der Waals surface area contributed by atoms with Gasteiger partial charge in [0.2, 0.25) is 0 Å². The first-order chi connectivity index (χ1) is 6.59. The van der Waals surface area contributed by atoms with Gasteiger partial charge in [-0.15, -0.1) is 11.3 Å². The van der Waals surface area contributed by atoms with E-state index in [1.807, 2.05) is 11.8 Å². The molecule has 1 atom stereocenters. The lowest BCUT2D eigenvalue weighted by Gasteiger charge is -2.10. The van der Waals surface area contributed by atoms with Crippen molar-refractivity contribution in [2.75, 3.05) is 11.5 Å². The summed E-state index contributed by atoms with van der Waals surface area (Å²) in [4.78, 5) is 1.35. The molecule has 0 aliphatic carbocycles. The molecular weight excluding hydrogens is 210 g/mol. The van der Waals surface area contributed by atoms with Crippen LogP contribution in [0.5, 0.6) is 0 Å². The van der Waals surface area contributed by atoms with Gasteiger partial charge in [0.25, 0.3) is 0 Å². The van der Waals surface area contributed by atoms with E-state index >= 15 is 0 Å². The highest BCUT2D eigenvalue weighted by atomic mass is 32.2. The van der Waals surface area contributed by atoms with Crippen molar-refractivity contribution in [3.05, 3.63) is 21.9 Å². The maximum absolute atomic E-state index is 6.08. The van der Waals surface area contributed by atoms with Crippen molar-refractivity contribution in [1.29, 1.82) is 0 Å². The van der Waals surface area contributed by atoms with Gasteiger partial charge in [-0.3, -0.25) is 0 Å². The Bertz CT molecular complexity index is 268. The number of thiophene rings is 1. The lowest BCUT2D eigenvalue weighted by atomic mass is 10.2. The predicted octanol–water partition coefficient (Wildman–Crippen LogP) is 3.45. The summed E-state index contributed by atoms with van der Waals surface area (Å²) in [6, 6.07) is 2.41.